The van der Waals surface area contributed by atoms with Crippen molar-refractivity contribution in [2.75, 3.05) is 0 Å². The molecule has 0 aliphatic rings. The maximum atomic E-state index is 4.32. The molecule has 1 atom stereocenters. The number of rotatable bonds is 5. The van der Waals surface area contributed by atoms with Crippen LogP contribution in [0.15, 0.2) is 27.7 Å². The van der Waals surface area contributed by atoms with Crippen LogP contribution in [0.3, 0.4) is 0 Å². The van der Waals surface area contributed by atoms with E-state index in [2.05, 4.69) is 38.4 Å². The summed E-state index contributed by atoms with van der Waals surface area (Å²) in [4.78, 5) is 8.28. The van der Waals surface area contributed by atoms with E-state index in [0.717, 1.165) is 17.0 Å². The van der Waals surface area contributed by atoms with Crippen molar-refractivity contribution in [2.45, 2.75) is 40.7 Å². The van der Waals surface area contributed by atoms with Crippen LogP contribution in [-0.2, 0) is 0 Å². The highest BCUT2D eigenvalue weighted by Gasteiger charge is 2.04. The Morgan fingerprint density at radius 2 is 2.00 bits per heavy atom. The van der Waals surface area contributed by atoms with Crippen LogP contribution in [0.2, 0.25) is 0 Å². The van der Waals surface area contributed by atoms with E-state index in [1.165, 1.54) is 5.57 Å². The molecule has 1 aromatic rings. The molecule has 0 spiro atoms. The number of nitrogens with one attached hydrogen (secondary N) is 1. The minimum absolute atomic E-state index is 0.117. The lowest BCUT2D eigenvalue weighted by atomic mass is 10.1. The first-order valence-electron chi connectivity index (χ1n) is 6.28. The minimum Gasteiger partial charge on any atom is -0.266 e. The van der Waals surface area contributed by atoms with Gasteiger partial charge >= 0.3 is 0 Å². The predicted octanol–water partition coefficient (Wildman–Crippen LogP) is 2.97. The van der Waals surface area contributed by atoms with Crippen LogP contribution >= 0.6 is 0 Å². The molecule has 0 aliphatic carbocycles. The first-order valence-corrected chi connectivity index (χ1v) is 6.28. The number of aryl methyl sites for hydroxylation is 1. The van der Waals surface area contributed by atoms with Gasteiger partial charge in [0.25, 0.3) is 0 Å². The van der Waals surface area contributed by atoms with Gasteiger partial charge in [0.05, 0.1) is 11.7 Å². The highest BCUT2D eigenvalue weighted by Crippen LogP contribution is 2.14. The van der Waals surface area contributed by atoms with E-state index in [0.29, 0.717) is 0 Å². The van der Waals surface area contributed by atoms with Gasteiger partial charge in [-0.15, -0.1) is 0 Å². The normalized spacial score (nSPS) is 15.6. The Morgan fingerprint density at radius 3 is 2.58 bits per heavy atom. The summed E-state index contributed by atoms with van der Waals surface area (Å²) in [5.41, 5.74) is 4.05. The zero-order chi connectivity index (χ0) is 14.3. The zero-order valence-corrected chi connectivity index (χ0v) is 12.2. The first-order chi connectivity index (χ1) is 9.06. The molecular weight excluding hydrogens is 238 g/mol. The van der Waals surface area contributed by atoms with E-state index in [1.54, 1.807) is 12.6 Å². The van der Waals surface area contributed by atoms with Gasteiger partial charge in [0.1, 0.15) is 12.0 Å². The first kappa shape index (κ1) is 15.0. The van der Waals surface area contributed by atoms with Gasteiger partial charge < -0.3 is 0 Å². The summed E-state index contributed by atoms with van der Waals surface area (Å²) in [6, 6.07) is 0.117. The second-order valence-corrected chi connectivity index (χ2v) is 4.37. The molecule has 1 N–H and O–H groups in total. The van der Waals surface area contributed by atoms with Crippen molar-refractivity contribution in [3.63, 3.8) is 0 Å². The third-order valence-electron chi connectivity index (χ3n) is 2.86. The van der Waals surface area contributed by atoms with Crippen molar-refractivity contribution in [3.05, 3.63) is 29.1 Å². The van der Waals surface area contributed by atoms with Crippen molar-refractivity contribution in [2.24, 2.45) is 9.98 Å². The quantitative estimate of drug-likeness (QED) is 0.502. The number of aromatic nitrogens is 3. The summed E-state index contributed by atoms with van der Waals surface area (Å²) < 4.78 is 0. The van der Waals surface area contributed by atoms with Crippen LogP contribution in [-0.4, -0.2) is 34.0 Å². The Kier molecular flexibility index (Phi) is 5.85. The molecule has 0 aliphatic heterocycles. The summed E-state index contributed by atoms with van der Waals surface area (Å²) in [7, 11) is 0. The van der Waals surface area contributed by atoms with Crippen LogP contribution in [0.5, 0.6) is 0 Å². The highest BCUT2D eigenvalue weighted by atomic mass is 15.3. The molecule has 0 saturated heterocycles. The third kappa shape index (κ3) is 4.62. The zero-order valence-electron chi connectivity index (χ0n) is 12.2. The van der Waals surface area contributed by atoms with Gasteiger partial charge in [0, 0.05) is 6.21 Å². The van der Waals surface area contributed by atoms with Crippen LogP contribution in [0.25, 0.3) is 5.57 Å². The maximum absolute atomic E-state index is 4.32. The van der Waals surface area contributed by atoms with Gasteiger partial charge in [-0.25, -0.2) is 4.99 Å². The molecule has 102 valence electrons. The standard InChI is InChI=1S/C14H21N5/c1-6-15-9-16-12(4)10(2)7-8-11(3)14-13(5)17-19-18-14/h6-9,12H,1-5H3,(H,17,18,19)/b10-7+,11-8+,15-6?,16-9?/t12-/m0/s1. The van der Waals surface area contributed by atoms with Crippen molar-refractivity contribution in [3.8, 4) is 0 Å². The Bertz CT molecular complexity index is 520. The number of nitrogens with zero attached hydrogens (tertiary/aromatic N) is 4. The summed E-state index contributed by atoms with van der Waals surface area (Å²) in [6.07, 6.45) is 7.39. The topological polar surface area (TPSA) is 66.3 Å². The van der Waals surface area contributed by atoms with Gasteiger partial charge in [0.15, 0.2) is 0 Å². The molecule has 0 aromatic carbocycles. The molecular formula is C14H21N5. The smallest absolute Gasteiger partial charge is 0.111 e. The van der Waals surface area contributed by atoms with Crippen LogP contribution in [0.4, 0.5) is 0 Å². The van der Waals surface area contributed by atoms with Gasteiger partial charge in [0.2, 0.25) is 0 Å². The average molecular weight is 259 g/mol. The van der Waals surface area contributed by atoms with E-state index < -0.39 is 0 Å². The summed E-state index contributed by atoms with van der Waals surface area (Å²) in [5.74, 6) is 0. The maximum Gasteiger partial charge on any atom is 0.111 e. The third-order valence-corrected chi connectivity index (χ3v) is 2.86. The summed E-state index contributed by atoms with van der Waals surface area (Å²) >= 11 is 0. The van der Waals surface area contributed by atoms with Crippen molar-refractivity contribution in [1.82, 2.24) is 15.4 Å². The number of H-pyrrole nitrogens is 1. The lowest BCUT2D eigenvalue weighted by molar-refractivity contribution is 0.865. The van der Waals surface area contributed by atoms with Crippen LogP contribution in [0.1, 0.15) is 39.1 Å². The van der Waals surface area contributed by atoms with Crippen molar-refractivity contribution in [1.29, 1.82) is 0 Å². The number of aromatic amines is 1. The van der Waals surface area contributed by atoms with Crippen molar-refractivity contribution >= 4 is 18.1 Å². The Labute approximate surface area is 114 Å². The van der Waals surface area contributed by atoms with Gasteiger partial charge in [-0.05, 0) is 45.8 Å². The average Bonchev–Trinajstić information content (AvgIpc) is 2.82. The van der Waals surface area contributed by atoms with E-state index in [9.17, 15) is 0 Å². The molecule has 0 bridgehead atoms. The van der Waals surface area contributed by atoms with Gasteiger partial charge in [-0.1, -0.05) is 12.2 Å². The van der Waals surface area contributed by atoms with E-state index in [-0.39, 0.29) is 6.04 Å². The number of hydrogen-bond acceptors (Lipinski definition) is 3. The molecule has 0 radical (unpaired) electrons. The molecule has 0 unspecified atom stereocenters. The van der Waals surface area contributed by atoms with E-state index >= 15 is 0 Å². The fourth-order valence-corrected chi connectivity index (χ4v) is 1.45. The van der Waals surface area contributed by atoms with E-state index in [1.807, 2.05) is 33.8 Å². The SMILES string of the molecule is CC=NC=N[C@@H](C)/C(C)=C/C=C(\C)c1n[nH]nc1C. The fourth-order valence-electron chi connectivity index (χ4n) is 1.45. The lowest BCUT2D eigenvalue weighted by Crippen LogP contribution is -1.99. The second-order valence-electron chi connectivity index (χ2n) is 4.37. The molecule has 5 heteroatoms. The van der Waals surface area contributed by atoms with Gasteiger partial charge in [-0.3, -0.25) is 4.99 Å². The van der Waals surface area contributed by atoms with Crippen molar-refractivity contribution < 1.29 is 0 Å². The number of allylic oxidation sites excluding steroid dienone is 3. The Morgan fingerprint density at radius 1 is 1.26 bits per heavy atom. The molecule has 1 aromatic heterocycles. The fraction of sp³-hybridized carbons (Fsp3) is 0.429. The molecule has 1 heterocycles. The lowest BCUT2D eigenvalue weighted by Gasteiger charge is -2.04. The molecule has 5 nitrogen and oxygen atoms in total. The molecule has 1 rings (SSSR count). The highest BCUT2D eigenvalue weighted by molar-refractivity contribution is 5.70. The molecule has 19 heavy (non-hydrogen) atoms. The monoisotopic (exact) mass is 259 g/mol. The van der Waals surface area contributed by atoms with Crippen LogP contribution < -0.4 is 0 Å². The predicted molar refractivity (Wildman–Crippen MR) is 80.6 cm³/mol. The largest absolute Gasteiger partial charge is 0.266 e. The molecule has 0 amide bonds. The Hall–Kier alpha value is -2.04. The number of aliphatic imine (C=N–C) groups is 2. The minimum atomic E-state index is 0.117. The molecule has 0 fully saturated rings. The van der Waals surface area contributed by atoms with Crippen LogP contribution in [0, 0.1) is 6.92 Å². The molecule has 0 saturated carbocycles. The number of hydrogen-bond donors (Lipinski definition) is 1. The van der Waals surface area contributed by atoms with E-state index in [4.69, 9.17) is 0 Å². The second kappa shape index (κ2) is 7.41. The summed E-state index contributed by atoms with van der Waals surface area (Å²) in [6.45, 7) is 9.91. The summed E-state index contributed by atoms with van der Waals surface area (Å²) in [5, 5.41) is 10.8. The van der Waals surface area contributed by atoms with Gasteiger partial charge in [-0.2, -0.15) is 15.4 Å². The Balaban J connectivity index is 2.77.